The smallest absolute Gasteiger partial charge is 0.254 e. The number of hydrogen-bond donors (Lipinski definition) is 2. The van der Waals surface area contributed by atoms with Crippen LogP contribution in [0.5, 0.6) is 0 Å². The van der Waals surface area contributed by atoms with Gasteiger partial charge in [0, 0.05) is 19.6 Å². The lowest BCUT2D eigenvalue weighted by Gasteiger charge is -2.36. The molecule has 2 heterocycles. The summed E-state index contributed by atoms with van der Waals surface area (Å²) in [5, 5.41) is 5.09. The van der Waals surface area contributed by atoms with Crippen LogP contribution in [0, 0.1) is 11.8 Å². The molecule has 2 atom stereocenters. The molecule has 1 saturated carbocycles. The molecule has 154 valence electrons. The van der Waals surface area contributed by atoms with Crippen LogP contribution < -0.4 is 10.6 Å². The maximum atomic E-state index is 13.0. The van der Waals surface area contributed by atoms with Crippen LogP contribution in [-0.4, -0.2) is 68.2 Å². The molecular formula is C18H31N3O5S. The Balaban J connectivity index is 1.77. The van der Waals surface area contributed by atoms with E-state index in [-0.39, 0.29) is 25.6 Å². The zero-order valence-electron chi connectivity index (χ0n) is 16.2. The van der Waals surface area contributed by atoms with Gasteiger partial charge >= 0.3 is 0 Å². The van der Waals surface area contributed by atoms with E-state index in [2.05, 4.69) is 10.6 Å². The minimum absolute atomic E-state index is 0.0234. The predicted octanol–water partition coefficient (Wildman–Crippen LogP) is 0.238. The van der Waals surface area contributed by atoms with Crippen molar-refractivity contribution in [1.82, 2.24) is 14.9 Å². The third kappa shape index (κ3) is 4.00. The molecule has 0 aromatic heterocycles. The molecule has 9 heteroatoms. The Bertz CT molecular complexity index is 674. The van der Waals surface area contributed by atoms with E-state index < -0.39 is 32.7 Å². The fourth-order valence-electron chi connectivity index (χ4n) is 4.32. The highest BCUT2D eigenvalue weighted by Crippen LogP contribution is 2.36. The number of hydrogen-bond acceptors (Lipinski definition) is 5. The van der Waals surface area contributed by atoms with Gasteiger partial charge in [0.05, 0.1) is 24.3 Å². The highest BCUT2D eigenvalue weighted by atomic mass is 32.2. The molecule has 3 fully saturated rings. The number of ether oxygens (including phenoxy) is 1. The Labute approximate surface area is 161 Å². The number of nitrogens with one attached hydrogen (secondary N) is 2. The Morgan fingerprint density at radius 2 is 2.04 bits per heavy atom. The topological polar surface area (TPSA) is 105 Å². The van der Waals surface area contributed by atoms with Crippen LogP contribution in [0.4, 0.5) is 0 Å². The zero-order valence-corrected chi connectivity index (χ0v) is 17.0. The average molecular weight is 402 g/mol. The molecule has 0 aromatic rings. The average Bonchev–Trinajstić information content (AvgIpc) is 3.04. The molecule has 0 radical (unpaired) electrons. The van der Waals surface area contributed by atoms with Crippen molar-refractivity contribution >= 4 is 21.8 Å². The minimum Gasteiger partial charge on any atom is -0.361 e. The maximum Gasteiger partial charge on any atom is 0.254 e. The molecule has 27 heavy (non-hydrogen) atoms. The molecule has 2 amide bonds. The molecule has 1 aliphatic carbocycles. The normalized spacial score (nSPS) is 30.6. The summed E-state index contributed by atoms with van der Waals surface area (Å²) < 4.78 is 32.3. The van der Waals surface area contributed by atoms with Crippen molar-refractivity contribution in [2.24, 2.45) is 11.8 Å². The van der Waals surface area contributed by atoms with Crippen molar-refractivity contribution in [1.29, 1.82) is 0 Å². The maximum absolute atomic E-state index is 13.0. The molecule has 3 rings (SSSR count). The number of amides is 2. The third-order valence-corrected chi connectivity index (χ3v) is 8.24. The Morgan fingerprint density at radius 3 is 2.67 bits per heavy atom. The SMILES string of the molecule is CC(C)S(=O)(=O)N1C[C@H](C(=O)NCC2CCCCC2)[C@@]2(C1)OCCNC2=O. The van der Waals surface area contributed by atoms with Crippen LogP contribution in [0.1, 0.15) is 46.0 Å². The number of carbonyl (C=O) groups excluding carboxylic acids is 2. The van der Waals surface area contributed by atoms with E-state index in [1.165, 1.54) is 23.6 Å². The molecule has 3 aliphatic rings. The van der Waals surface area contributed by atoms with Gasteiger partial charge in [0.15, 0.2) is 5.60 Å². The molecule has 0 aromatic carbocycles. The predicted molar refractivity (Wildman–Crippen MR) is 100 cm³/mol. The molecule has 2 saturated heterocycles. The van der Waals surface area contributed by atoms with E-state index in [0.717, 1.165) is 12.8 Å². The number of morpholine rings is 1. The van der Waals surface area contributed by atoms with Crippen molar-refractivity contribution < 1.29 is 22.7 Å². The first-order valence-corrected chi connectivity index (χ1v) is 11.5. The number of nitrogens with zero attached hydrogens (tertiary/aromatic N) is 1. The monoisotopic (exact) mass is 401 g/mol. The summed E-state index contributed by atoms with van der Waals surface area (Å²) in [5.74, 6) is -1.07. The summed E-state index contributed by atoms with van der Waals surface area (Å²) in [5.41, 5.74) is -1.43. The Hall–Kier alpha value is -1.19. The second-order valence-electron chi connectivity index (χ2n) is 8.18. The van der Waals surface area contributed by atoms with Gasteiger partial charge in [0.25, 0.3) is 5.91 Å². The summed E-state index contributed by atoms with van der Waals surface area (Å²) >= 11 is 0. The Morgan fingerprint density at radius 1 is 1.33 bits per heavy atom. The largest absolute Gasteiger partial charge is 0.361 e. The summed E-state index contributed by atoms with van der Waals surface area (Å²) in [6.07, 6.45) is 5.80. The van der Waals surface area contributed by atoms with E-state index in [4.69, 9.17) is 4.74 Å². The first kappa shape index (κ1) is 20.5. The quantitative estimate of drug-likeness (QED) is 0.687. The molecule has 8 nitrogen and oxygen atoms in total. The van der Waals surface area contributed by atoms with Gasteiger partial charge in [-0.3, -0.25) is 9.59 Å². The van der Waals surface area contributed by atoms with Crippen LogP contribution in [0.25, 0.3) is 0 Å². The first-order valence-electron chi connectivity index (χ1n) is 9.96. The second-order valence-corrected chi connectivity index (χ2v) is 10.7. The summed E-state index contributed by atoms with van der Waals surface area (Å²) in [6.45, 7) is 4.28. The van der Waals surface area contributed by atoms with Crippen LogP contribution in [0.15, 0.2) is 0 Å². The highest BCUT2D eigenvalue weighted by Gasteiger charge is 2.59. The van der Waals surface area contributed by atoms with E-state index in [1.54, 1.807) is 13.8 Å². The van der Waals surface area contributed by atoms with Gasteiger partial charge in [-0.2, -0.15) is 4.31 Å². The Kier molecular flexibility index (Phi) is 6.12. The molecule has 2 aliphatic heterocycles. The van der Waals surface area contributed by atoms with Crippen molar-refractivity contribution in [3.63, 3.8) is 0 Å². The lowest BCUT2D eigenvalue weighted by Crippen LogP contribution is -2.62. The number of carbonyl (C=O) groups is 2. The minimum atomic E-state index is -3.58. The van der Waals surface area contributed by atoms with Crippen LogP contribution >= 0.6 is 0 Å². The fourth-order valence-corrected chi connectivity index (χ4v) is 5.65. The summed E-state index contributed by atoms with van der Waals surface area (Å²) in [7, 11) is -3.58. The van der Waals surface area contributed by atoms with Crippen molar-refractivity contribution in [3.8, 4) is 0 Å². The van der Waals surface area contributed by atoms with Gasteiger partial charge in [0.1, 0.15) is 0 Å². The van der Waals surface area contributed by atoms with E-state index in [9.17, 15) is 18.0 Å². The van der Waals surface area contributed by atoms with Gasteiger partial charge in [-0.05, 0) is 32.6 Å². The van der Waals surface area contributed by atoms with Crippen molar-refractivity contribution in [3.05, 3.63) is 0 Å². The standard InChI is InChI=1S/C18H31N3O5S/c1-13(2)27(24,25)21-11-15(18(12-21)17(23)19-8-9-26-18)16(22)20-10-14-6-4-3-5-7-14/h13-15H,3-12H2,1-2H3,(H,19,23)(H,20,22)/t15-,18-/m1/s1. The molecule has 0 bridgehead atoms. The van der Waals surface area contributed by atoms with Gasteiger partial charge in [0.2, 0.25) is 15.9 Å². The number of sulfonamides is 1. The van der Waals surface area contributed by atoms with Crippen LogP contribution in [-0.2, 0) is 24.3 Å². The van der Waals surface area contributed by atoms with E-state index >= 15 is 0 Å². The first-order chi connectivity index (χ1) is 12.8. The van der Waals surface area contributed by atoms with Crippen molar-refractivity contribution in [2.75, 3.05) is 32.8 Å². The molecule has 2 N–H and O–H groups in total. The van der Waals surface area contributed by atoms with Crippen LogP contribution in [0.3, 0.4) is 0 Å². The molecule has 1 spiro atoms. The third-order valence-electron chi connectivity index (χ3n) is 6.05. The lowest BCUT2D eigenvalue weighted by atomic mass is 9.86. The number of rotatable bonds is 5. The van der Waals surface area contributed by atoms with E-state index in [1.807, 2.05) is 0 Å². The molecule has 0 unspecified atom stereocenters. The van der Waals surface area contributed by atoms with Gasteiger partial charge in [-0.15, -0.1) is 0 Å². The highest BCUT2D eigenvalue weighted by molar-refractivity contribution is 7.89. The van der Waals surface area contributed by atoms with Crippen LogP contribution in [0.2, 0.25) is 0 Å². The zero-order chi connectivity index (χ0) is 19.7. The lowest BCUT2D eigenvalue weighted by molar-refractivity contribution is -0.163. The molecular weight excluding hydrogens is 370 g/mol. The second kappa shape index (κ2) is 8.05. The van der Waals surface area contributed by atoms with Gasteiger partial charge in [-0.25, -0.2) is 8.42 Å². The summed E-state index contributed by atoms with van der Waals surface area (Å²) in [4.78, 5) is 25.6. The van der Waals surface area contributed by atoms with Crippen molar-refractivity contribution in [2.45, 2.75) is 56.8 Å². The fraction of sp³-hybridized carbons (Fsp3) is 0.889. The van der Waals surface area contributed by atoms with Gasteiger partial charge in [-0.1, -0.05) is 19.3 Å². The summed E-state index contributed by atoms with van der Waals surface area (Å²) in [6, 6.07) is 0. The van der Waals surface area contributed by atoms with E-state index in [0.29, 0.717) is 19.0 Å². The van der Waals surface area contributed by atoms with Gasteiger partial charge < -0.3 is 15.4 Å².